The second-order valence-corrected chi connectivity index (χ2v) is 5.69. The van der Waals surface area contributed by atoms with Gasteiger partial charge in [0.2, 0.25) is 0 Å². The first-order valence-electron chi connectivity index (χ1n) is 6.19. The zero-order valence-electron chi connectivity index (χ0n) is 10.0. The lowest BCUT2D eigenvalue weighted by Crippen LogP contribution is -2.36. The van der Waals surface area contributed by atoms with Crippen LogP contribution in [0, 0.1) is 0 Å². The van der Waals surface area contributed by atoms with E-state index in [-0.39, 0.29) is 18.2 Å². The van der Waals surface area contributed by atoms with Gasteiger partial charge in [0, 0.05) is 0 Å². The minimum absolute atomic E-state index is 0.0161. The van der Waals surface area contributed by atoms with Crippen LogP contribution in [0.4, 0.5) is 5.82 Å². The number of nitrogens with one attached hydrogen (secondary N) is 1. The highest BCUT2D eigenvalue weighted by Crippen LogP contribution is 2.31. The molecule has 0 radical (unpaired) electrons. The second kappa shape index (κ2) is 4.38. The van der Waals surface area contributed by atoms with Crippen molar-refractivity contribution < 1.29 is 14.6 Å². The minimum Gasteiger partial charge on any atom is -0.388 e. The summed E-state index contributed by atoms with van der Waals surface area (Å²) in [4.78, 5) is 8.50. The molecule has 4 heterocycles. The second-order valence-electron chi connectivity index (χ2n) is 4.77. The Morgan fingerprint density at radius 1 is 1.26 bits per heavy atom. The maximum Gasteiger partial charge on any atom is 0.147 e. The topological polar surface area (TPSA) is 76.5 Å². The van der Waals surface area contributed by atoms with E-state index in [1.807, 2.05) is 11.4 Å². The maximum absolute atomic E-state index is 9.72. The Kier molecular flexibility index (Phi) is 2.66. The third-order valence-electron chi connectivity index (χ3n) is 3.59. The van der Waals surface area contributed by atoms with Crippen LogP contribution in [0.5, 0.6) is 0 Å². The van der Waals surface area contributed by atoms with Crippen molar-refractivity contribution >= 4 is 27.4 Å². The normalized spacial score (nSPS) is 33.7. The van der Waals surface area contributed by atoms with Gasteiger partial charge in [-0.05, 0) is 11.4 Å². The largest absolute Gasteiger partial charge is 0.388 e. The lowest BCUT2D eigenvalue weighted by molar-refractivity contribution is 0.0184. The van der Waals surface area contributed by atoms with Gasteiger partial charge in [-0.3, -0.25) is 0 Å². The van der Waals surface area contributed by atoms with Crippen LogP contribution in [0.25, 0.3) is 10.2 Å². The Morgan fingerprint density at radius 3 is 3.11 bits per heavy atom. The Balaban J connectivity index is 1.60. The zero-order valence-corrected chi connectivity index (χ0v) is 10.8. The fourth-order valence-corrected chi connectivity index (χ4v) is 3.47. The average molecular weight is 279 g/mol. The number of rotatable bonds is 2. The van der Waals surface area contributed by atoms with E-state index in [9.17, 15) is 5.11 Å². The van der Waals surface area contributed by atoms with Crippen molar-refractivity contribution in [2.24, 2.45) is 0 Å². The average Bonchev–Trinajstić information content (AvgIpc) is 3.09. The number of thiophene rings is 1. The SMILES string of the molecule is O[C@@H]1CO[C@H]2[C@@H]1OC[C@H]2Nc1ncnc2ccsc12. The standard InChI is InChI=1S/C12H13N3O3S/c16-8-4-18-9-7(3-17-10(8)9)15-12-11-6(1-2-19-11)13-5-14-12/h1-2,5,7-10,16H,3-4H2,(H,13,14,15)/t7-,8-,9-,10-/m1/s1. The fourth-order valence-electron chi connectivity index (χ4n) is 2.67. The van der Waals surface area contributed by atoms with Gasteiger partial charge >= 0.3 is 0 Å². The van der Waals surface area contributed by atoms with Gasteiger partial charge in [0.25, 0.3) is 0 Å². The van der Waals surface area contributed by atoms with Crippen LogP contribution in [-0.2, 0) is 9.47 Å². The molecule has 4 atom stereocenters. The number of hydrogen-bond acceptors (Lipinski definition) is 7. The van der Waals surface area contributed by atoms with Gasteiger partial charge in [0.15, 0.2) is 0 Å². The summed E-state index contributed by atoms with van der Waals surface area (Å²) in [6, 6.07) is 1.98. The first-order chi connectivity index (χ1) is 9.33. The number of fused-ring (bicyclic) bond motifs is 2. The van der Waals surface area contributed by atoms with E-state index in [1.165, 1.54) is 0 Å². The van der Waals surface area contributed by atoms with E-state index < -0.39 is 6.10 Å². The van der Waals surface area contributed by atoms with Gasteiger partial charge in [-0.25, -0.2) is 9.97 Å². The third kappa shape index (κ3) is 1.81. The molecule has 7 heteroatoms. The van der Waals surface area contributed by atoms with E-state index in [4.69, 9.17) is 9.47 Å². The maximum atomic E-state index is 9.72. The zero-order chi connectivity index (χ0) is 12.8. The monoisotopic (exact) mass is 279 g/mol. The molecule has 0 saturated carbocycles. The van der Waals surface area contributed by atoms with Crippen molar-refractivity contribution in [3.05, 3.63) is 17.8 Å². The number of hydrogen-bond donors (Lipinski definition) is 2. The molecule has 2 N–H and O–H groups in total. The molecule has 6 nitrogen and oxygen atoms in total. The highest BCUT2D eigenvalue weighted by Gasteiger charge is 2.47. The molecule has 2 fully saturated rings. The molecular weight excluding hydrogens is 266 g/mol. The molecule has 0 aliphatic carbocycles. The summed E-state index contributed by atoms with van der Waals surface area (Å²) in [5.41, 5.74) is 0.936. The molecule has 2 aliphatic heterocycles. The van der Waals surface area contributed by atoms with Crippen molar-refractivity contribution in [2.75, 3.05) is 18.5 Å². The summed E-state index contributed by atoms with van der Waals surface area (Å²) in [7, 11) is 0. The van der Waals surface area contributed by atoms with Crippen molar-refractivity contribution in [1.82, 2.24) is 9.97 Å². The number of ether oxygens (including phenoxy) is 2. The lowest BCUT2D eigenvalue weighted by atomic mass is 10.1. The molecule has 2 aromatic heterocycles. The molecule has 2 aromatic rings. The predicted molar refractivity (Wildman–Crippen MR) is 70.3 cm³/mol. The molecule has 0 spiro atoms. The molecule has 0 unspecified atom stereocenters. The van der Waals surface area contributed by atoms with Crippen LogP contribution in [-0.4, -0.2) is 52.6 Å². The number of aliphatic hydroxyl groups is 1. The van der Waals surface area contributed by atoms with E-state index in [0.29, 0.717) is 13.2 Å². The van der Waals surface area contributed by atoms with Crippen molar-refractivity contribution in [1.29, 1.82) is 0 Å². The predicted octanol–water partition coefficient (Wildman–Crippen LogP) is 0.630. The van der Waals surface area contributed by atoms with Crippen LogP contribution in [0.2, 0.25) is 0 Å². The summed E-state index contributed by atoms with van der Waals surface area (Å²) in [5.74, 6) is 0.805. The lowest BCUT2D eigenvalue weighted by Gasteiger charge is -2.18. The summed E-state index contributed by atoms with van der Waals surface area (Å²) in [6.45, 7) is 0.856. The van der Waals surface area contributed by atoms with E-state index in [2.05, 4.69) is 15.3 Å². The fraction of sp³-hybridized carbons (Fsp3) is 0.500. The van der Waals surface area contributed by atoms with Gasteiger partial charge in [0.1, 0.15) is 30.5 Å². The van der Waals surface area contributed by atoms with Crippen LogP contribution in [0.3, 0.4) is 0 Å². The Labute approximate surface area is 113 Å². The molecule has 100 valence electrons. The van der Waals surface area contributed by atoms with Gasteiger partial charge in [-0.2, -0.15) is 0 Å². The van der Waals surface area contributed by atoms with E-state index in [1.54, 1.807) is 17.7 Å². The van der Waals surface area contributed by atoms with E-state index >= 15 is 0 Å². The molecule has 4 rings (SSSR count). The van der Waals surface area contributed by atoms with Gasteiger partial charge < -0.3 is 19.9 Å². The molecule has 0 aromatic carbocycles. The van der Waals surface area contributed by atoms with Crippen LogP contribution >= 0.6 is 11.3 Å². The van der Waals surface area contributed by atoms with Crippen LogP contribution in [0.15, 0.2) is 17.8 Å². The first kappa shape index (κ1) is 11.5. The number of aromatic nitrogens is 2. The van der Waals surface area contributed by atoms with E-state index in [0.717, 1.165) is 16.0 Å². The van der Waals surface area contributed by atoms with Gasteiger partial charge in [-0.15, -0.1) is 11.3 Å². The third-order valence-corrected chi connectivity index (χ3v) is 4.50. The Hall–Kier alpha value is -1.28. The van der Waals surface area contributed by atoms with Crippen molar-refractivity contribution in [3.63, 3.8) is 0 Å². The molecular formula is C12H13N3O3S. The number of nitrogens with zero attached hydrogens (tertiary/aromatic N) is 2. The van der Waals surface area contributed by atoms with Crippen molar-refractivity contribution in [2.45, 2.75) is 24.4 Å². The number of anilines is 1. The summed E-state index contributed by atoms with van der Waals surface area (Å²) >= 11 is 1.60. The molecule has 0 bridgehead atoms. The quantitative estimate of drug-likeness (QED) is 0.839. The molecule has 19 heavy (non-hydrogen) atoms. The highest BCUT2D eigenvalue weighted by atomic mass is 32.1. The molecule has 2 aliphatic rings. The van der Waals surface area contributed by atoms with Crippen LogP contribution in [0.1, 0.15) is 0 Å². The summed E-state index contributed by atoms with van der Waals surface area (Å²) < 4.78 is 12.2. The smallest absolute Gasteiger partial charge is 0.147 e. The summed E-state index contributed by atoms with van der Waals surface area (Å²) in [5, 5.41) is 15.1. The van der Waals surface area contributed by atoms with Crippen molar-refractivity contribution in [3.8, 4) is 0 Å². The van der Waals surface area contributed by atoms with Gasteiger partial charge in [-0.1, -0.05) is 0 Å². The molecule has 2 saturated heterocycles. The minimum atomic E-state index is -0.524. The first-order valence-corrected chi connectivity index (χ1v) is 7.07. The Morgan fingerprint density at radius 2 is 2.16 bits per heavy atom. The molecule has 0 amide bonds. The van der Waals surface area contributed by atoms with Crippen LogP contribution < -0.4 is 5.32 Å². The van der Waals surface area contributed by atoms with Gasteiger partial charge in [0.05, 0.1) is 29.5 Å². The Bertz CT molecular complexity index is 605. The number of aliphatic hydroxyl groups excluding tert-OH is 1. The highest BCUT2D eigenvalue weighted by molar-refractivity contribution is 7.17. The summed E-state index contributed by atoms with van der Waals surface area (Å²) in [6.07, 6.45) is 0.691.